The molecule has 5 heteroatoms. The van der Waals surface area contributed by atoms with Crippen molar-refractivity contribution in [1.29, 1.82) is 0 Å². The molecule has 0 saturated heterocycles. The summed E-state index contributed by atoms with van der Waals surface area (Å²) < 4.78 is 1.92. The zero-order valence-electron chi connectivity index (χ0n) is 10.6. The topological polar surface area (TPSA) is 46.9 Å². The lowest BCUT2D eigenvalue weighted by Crippen LogP contribution is -2.28. The van der Waals surface area contributed by atoms with Crippen molar-refractivity contribution in [2.24, 2.45) is 0 Å². The van der Waals surface area contributed by atoms with Crippen molar-refractivity contribution in [2.75, 3.05) is 6.54 Å². The van der Waals surface area contributed by atoms with Crippen LogP contribution in [0, 0.1) is 13.8 Å². The van der Waals surface area contributed by atoms with E-state index in [1.54, 1.807) is 11.3 Å². The van der Waals surface area contributed by atoms with Gasteiger partial charge in [0.1, 0.15) is 0 Å². The van der Waals surface area contributed by atoms with Crippen LogP contribution in [0.5, 0.6) is 0 Å². The molecule has 2 rings (SSSR count). The summed E-state index contributed by atoms with van der Waals surface area (Å²) in [4.78, 5) is 12.8. The molecule has 0 fully saturated rings. The Morgan fingerprint density at radius 2 is 2.33 bits per heavy atom. The standard InChI is InChI=1S/C13H17N3OS/c1-10-8-11(2)16(15-10)6-5-14-13(17)9-12-4-3-7-18-12/h3-4,7-8H,5-6,9H2,1-2H3,(H,14,17). The highest BCUT2D eigenvalue weighted by Gasteiger charge is 2.04. The summed E-state index contributed by atoms with van der Waals surface area (Å²) in [6.07, 6.45) is 0.467. The molecule has 1 amide bonds. The zero-order chi connectivity index (χ0) is 13.0. The van der Waals surface area contributed by atoms with Gasteiger partial charge < -0.3 is 5.32 Å². The van der Waals surface area contributed by atoms with Crippen LogP contribution in [0.4, 0.5) is 0 Å². The molecule has 2 heterocycles. The third kappa shape index (κ3) is 3.43. The van der Waals surface area contributed by atoms with Gasteiger partial charge in [0.25, 0.3) is 0 Å². The smallest absolute Gasteiger partial charge is 0.225 e. The maximum Gasteiger partial charge on any atom is 0.225 e. The van der Waals surface area contributed by atoms with Crippen molar-refractivity contribution < 1.29 is 4.79 Å². The number of carbonyl (C=O) groups is 1. The van der Waals surface area contributed by atoms with E-state index in [-0.39, 0.29) is 5.91 Å². The molecular weight excluding hydrogens is 246 g/mol. The van der Waals surface area contributed by atoms with Gasteiger partial charge >= 0.3 is 0 Å². The second-order valence-electron chi connectivity index (χ2n) is 4.26. The van der Waals surface area contributed by atoms with E-state index >= 15 is 0 Å². The minimum absolute atomic E-state index is 0.0685. The molecule has 0 aliphatic carbocycles. The third-order valence-corrected chi connectivity index (χ3v) is 3.54. The monoisotopic (exact) mass is 263 g/mol. The molecule has 1 N–H and O–H groups in total. The van der Waals surface area contributed by atoms with Crippen LogP contribution < -0.4 is 5.32 Å². The summed E-state index contributed by atoms with van der Waals surface area (Å²) in [5, 5.41) is 9.25. The Kier molecular flexibility index (Phi) is 4.15. The highest BCUT2D eigenvalue weighted by atomic mass is 32.1. The summed E-state index contributed by atoms with van der Waals surface area (Å²) in [6, 6.07) is 5.97. The Bertz CT molecular complexity index is 516. The number of thiophene rings is 1. The molecule has 2 aromatic rings. The van der Waals surface area contributed by atoms with E-state index in [0.717, 1.165) is 22.8 Å². The van der Waals surface area contributed by atoms with Crippen molar-refractivity contribution in [2.45, 2.75) is 26.8 Å². The van der Waals surface area contributed by atoms with Gasteiger partial charge in [0.05, 0.1) is 18.7 Å². The minimum atomic E-state index is 0.0685. The highest BCUT2D eigenvalue weighted by Crippen LogP contribution is 2.08. The van der Waals surface area contributed by atoms with Gasteiger partial charge in [-0.15, -0.1) is 11.3 Å². The summed E-state index contributed by atoms with van der Waals surface area (Å²) in [5.41, 5.74) is 2.14. The molecular formula is C13H17N3OS. The summed E-state index contributed by atoms with van der Waals surface area (Å²) in [5.74, 6) is 0.0685. The van der Waals surface area contributed by atoms with E-state index in [1.807, 2.05) is 42.1 Å². The molecule has 0 aliphatic rings. The first kappa shape index (κ1) is 12.8. The maximum absolute atomic E-state index is 11.7. The first-order chi connectivity index (χ1) is 8.65. The SMILES string of the molecule is Cc1cc(C)n(CCNC(=O)Cc2cccs2)n1. The quantitative estimate of drug-likeness (QED) is 0.896. The number of rotatable bonds is 5. The van der Waals surface area contributed by atoms with Gasteiger partial charge in [-0.1, -0.05) is 6.07 Å². The van der Waals surface area contributed by atoms with E-state index in [2.05, 4.69) is 10.4 Å². The van der Waals surface area contributed by atoms with Crippen LogP contribution in [0.15, 0.2) is 23.6 Å². The molecule has 96 valence electrons. The van der Waals surface area contributed by atoms with E-state index in [9.17, 15) is 4.79 Å². The lowest BCUT2D eigenvalue weighted by atomic mass is 10.3. The Morgan fingerprint density at radius 3 is 2.94 bits per heavy atom. The molecule has 0 saturated carbocycles. The average Bonchev–Trinajstić information content (AvgIpc) is 2.89. The zero-order valence-corrected chi connectivity index (χ0v) is 11.5. The van der Waals surface area contributed by atoms with Gasteiger partial charge in [-0.25, -0.2) is 0 Å². The fourth-order valence-corrected chi connectivity index (χ4v) is 2.54. The highest BCUT2D eigenvalue weighted by molar-refractivity contribution is 7.10. The third-order valence-electron chi connectivity index (χ3n) is 2.66. The molecule has 0 atom stereocenters. The van der Waals surface area contributed by atoms with Crippen molar-refractivity contribution >= 4 is 17.2 Å². The van der Waals surface area contributed by atoms with Crippen molar-refractivity contribution in [1.82, 2.24) is 15.1 Å². The number of hydrogen-bond acceptors (Lipinski definition) is 3. The number of nitrogens with zero attached hydrogens (tertiary/aromatic N) is 2. The van der Waals surface area contributed by atoms with Gasteiger partial charge in [0.2, 0.25) is 5.91 Å². The van der Waals surface area contributed by atoms with Gasteiger partial charge in [0.15, 0.2) is 0 Å². The number of nitrogens with one attached hydrogen (secondary N) is 1. The predicted molar refractivity (Wildman–Crippen MR) is 72.7 cm³/mol. The Balaban J connectivity index is 1.75. The van der Waals surface area contributed by atoms with Crippen LogP contribution in [-0.4, -0.2) is 22.2 Å². The first-order valence-electron chi connectivity index (χ1n) is 5.95. The van der Waals surface area contributed by atoms with E-state index in [4.69, 9.17) is 0 Å². The minimum Gasteiger partial charge on any atom is -0.354 e. The largest absolute Gasteiger partial charge is 0.354 e. The summed E-state index contributed by atoms with van der Waals surface area (Å²) in [7, 11) is 0. The van der Waals surface area contributed by atoms with Crippen LogP contribution in [0.2, 0.25) is 0 Å². The molecule has 0 aromatic carbocycles. The number of hydrogen-bond donors (Lipinski definition) is 1. The van der Waals surface area contributed by atoms with Crippen LogP contribution in [0.3, 0.4) is 0 Å². The Morgan fingerprint density at radius 1 is 1.50 bits per heavy atom. The lowest BCUT2D eigenvalue weighted by molar-refractivity contribution is -0.120. The molecule has 0 unspecified atom stereocenters. The maximum atomic E-state index is 11.7. The van der Waals surface area contributed by atoms with Gasteiger partial charge in [-0.05, 0) is 31.4 Å². The van der Waals surface area contributed by atoms with Crippen LogP contribution in [-0.2, 0) is 17.8 Å². The second kappa shape index (κ2) is 5.82. The molecule has 0 radical (unpaired) electrons. The predicted octanol–water partition coefficient (Wildman–Crippen LogP) is 1.92. The van der Waals surface area contributed by atoms with Gasteiger partial charge in [-0.2, -0.15) is 5.10 Å². The lowest BCUT2D eigenvalue weighted by Gasteiger charge is -2.06. The van der Waals surface area contributed by atoms with Crippen LogP contribution >= 0.6 is 11.3 Å². The normalized spacial score (nSPS) is 10.6. The molecule has 4 nitrogen and oxygen atoms in total. The molecule has 0 spiro atoms. The molecule has 0 aliphatic heterocycles. The van der Waals surface area contributed by atoms with Crippen molar-refractivity contribution in [3.05, 3.63) is 39.8 Å². The molecule has 0 bridgehead atoms. The fraction of sp³-hybridized carbons (Fsp3) is 0.385. The Labute approximate surface area is 111 Å². The van der Waals surface area contributed by atoms with Crippen LogP contribution in [0.25, 0.3) is 0 Å². The second-order valence-corrected chi connectivity index (χ2v) is 5.29. The van der Waals surface area contributed by atoms with Gasteiger partial charge in [-0.3, -0.25) is 9.48 Å². The van der Waals surface area contributed by atoms with Crippen LogP contribution in [0.1, 0.15) is 16.3 Å². The van der Waals surface area contributed by atoms with Crippen molar-refractivity contribution in [3.8, 4) is 0 Å². The first-order valence-corrected chi connectivity index (χ1v) is 6.83. The summed E-state index contributed by atoms with van der Waals surface area (Å²) >= 11 is 1.61. The van der Waals surface area contributed by atoms with E-state index in [1.165, 1.54) is 0 Å². The molecule has 18 heavy (non-hydrogen) atoms. The summed E-state index contributed by atoms with van der Waals surface area (Å²) in [6.45, 7) is 5.33. The Hall–Kier alpha value is -1.62. The van der Waals surface area contributed by atoms with E-state index in [0.29, 0.717) is 13.0 Å². The number of aromatic nitrogens is 2. The number of amides is 1. The average molecular weight is 263 g/mol. The van der Waals surface area contributed by atoms with Crippen molar-refractivity contribution in [3.63, 3.8) is 0 Å². The van der Waals surface area contributed by atoms with E-state index < -0.39 is 0 Å². The number of carbonyl (C=O) groups excluding carboxylic acids is 1. The number of aryl methyl sites for hydroxylation is 2. The van der Waals surface area contributed by atoms with Gasteiger partial charge in [0, 0.05) is 17.1 Å². The fourth-order valence-electron chi connectivity index (χ4n) is 1.84. The molecule has 2 aromatic heterocycles.